The Morgan fingerprint density at radius 2 is 2.10 bits per heavy atom. The number of aromatic nitrogens is 1. The molecule has 0 bridgehead atoms. The monoisotopic (exact) mass is 421 g/mol. The highest BCUT2D eigenvalue weighted by Gasteiger charge is 2.36. The molecule has 0 saturated carbocycles. The standard InChI is InChI=1S/C20H27N3O5S/c1-4-12-27-18-10-6-5-9-17(18)21-20(24)16-8-7-11-23(13-16)29(25,26)19-14(2)22-28-15(19)3/h5-6,9-10,16H,4,7-8,11-13H2,1-3H3,(H,21,24). The molecule has 3 rings (SSSR count). The van der Waals surface area contributed by atoms with Gasteiger partial charge in [-0.3, -0.25) is 4.79 Å². The maximum absolute atomic E-state index is 13.1. The molecule has 0 radical (unpaired) electrons. The van der Waals surface area contributed by atoms with Crippen molar-refractivity contribution in [2.75, 3.05) is 25.0 Å². The third kappa shape index (κ3) is 4.62. The molecule has 2 aromatic rings. The van der Waals surface area contributed by atoms with E-state index in [4.69, 9.17) is 9.26 Å². The van der Waals surface area contributed by atoms with Gasteiger partial charge in [0.2, 0.25) is 15.9 Å². The van der Waals surface area contributed by atoms with Crippen LogP contribution in [0.5, 0.6) is 5.75 Å². The van der Waals surface area contributed by atoms with Crippen LogP contribution >= 0.6 is 0 Å². The van der Waals surface area contributed by atoms with Crippen LogP contribution in [0.15, 0.2) is 33.7 Å². The molecular weight excluding hydrogens is 394 g/mol. The Morgan fingerprint density at radius 1 is 1.34 bits per heavy atom. The molecule has 1 atom stereocenters. The number of ether oxygens (including phenoxy) is 1. The summed E-state index contributed by atoms with van der Waals surface area (Å²) < 4.78 is 38.2. The normalized spacial score (nSPS) is 17.8. The average molecular weight is 422 g/mol. The molecule has 1 aromatic carbocycles. The molecule has 29 heavy (non-hydrogen) atoms. The van der Waals surface area contributed by atoms with Gasteiger partial charge in [0, 0.05) is 13.1 Å². The molecule has 1 aromatic heterocycles. The first-order valence-corrected chi connectivity index (χ1v) is 11.2. The van der Waals surface area contributed by atoms with E-state index < -0.39 is 15.9 Å². The Morgan fingerprint density at radius 3 is 2.79 bits per heavy atom. The third-order valence-electron chi connectivity index (χ3n) is 4.93. The fourth-order valence-corrected chi connectivity index (χ4v) is 5.30. The van der Waals surface area contributed by atoms with E-state index >= 15 is 0 Å². The Labute approximate surface area is 171 Å². The first-order chi connectivity index (χ1) is 13.8. The molecule has 1 saturated heterocycles. The van der Waals surface area contributed by atoms with Crippen molar-refractivity contribution in [3.05, 3.63) is 35.7 Å². The van der Waals surface area contributed by atoms with Crippen molar-refractivity contribution in [3.8, 4) is 5.75 Å². The van der Waals surface area contributed by atoms with E-state index in [1.807, 2.05) is 19.1 Å². The maximum atomic E-state index is 13.1. The number of carbonyl (C=O) groups is 1. The molecule has 1 aliphatic rings. The van der Waals surface area contributed by atoms with Gasteiger partial charge in [-0.1, -0.05) is 24.2 Å². The van der Waals surface area contributed by atoms with Crippen LogP contribution in [-0.4, -0.2) is 43.5 Å². The summed E-state index contributed by atoms with van der Waals surface area (Å²) in [6.07, 6.45) is 2.09. The maximum Gasteiger partial charge on any atom is 0.248 e. The number of aryl methyl sites for hydroxylation is 2. The van der Waals surface area contributed by atoms with Crippen molar-refractivity contribution in [2.24, 2.45) is 5.92 Å². The summed E-state index contributed by atoms with van der Waals surface area (Å²) in [5.41, 5.74) is 0.924. The molecule has 1 amide bonds. The topological polar surface area (TPSA) is 102 Å². The van der Waals surface area contributed by atoms with Gasteiger partial charge in [0.15, 0.2) is 5.76 Å². The SMILES string of the molecule is CCCOc1ccccc1NC(=O)C1CCCN(S(=O)(=O)c2c(C)noc2C)C1. The van der Waals surface area contributed by atoms with Crippen LogP contribution in [0.3, 0.4) is 0 Å². The van der Waals surface area contributed by atoms with Crippen LogP contribution < -0.4 is 10.1 Å². The van der Waals surface area contributed by atoms with Crippen molar-refractivity contribution >= 4 is 21.6 Å². The minimum atomic E-state index is -3.77. The lowest BCUT2D eigenvalue weighted by Gasteiger charge is -2.31. The van der Waals surface area contributed by atoms with Gasteiger partial charge in [0.25, 0.3) is 0 Å². The second-order valence-corrected chi connectivity index (χ2v) is 9.06. The van der Waals surface area contributed by atoms with E-state index in [1.54, 1.807) is 26.0 Å². The number of nitrogens with zero attached hydrogens (tertiary/aromatic N) is 2. The Balaban J connectivity index is 1.74. The second-order valence-electron chi connectivity index (χ2n) is 7.19. The number of rotatable bonds is 7. The fraction of sp³-hybridized carbons (Fsp3) is 0.500. The largest absolute Gasteiger partial charge is 0.491 e. The van der Waals surface area contributed by atoms with Gasteiger partial charge in [0.1, 0.15) is 16.3 Å². The second kappa shape index (κ2) is 8.96. The summed E-state index contributed by atoms with van der Waals surface area (Å²) in [5.74, 6) is 0.212. The number of piperidine rings is 1. The van der Waals surface area contributed by atoms with Crippen molar-refractivity contribution in [2.45, 2.75) is 44.9 Å². The number of hydrogen-bond acceptors (Lipinski definition) is 6. The smallest absolute Gasteiger partial charge is 0.248 e. The predicted molar refractivity (Wildman–Crippen MR) is 108 cm³/mol. The van der Waals surface area contributed by atoms with Gasteiger partial charge in [-0.2, -0.15) is 4.31 Å². The molecule has 1 N–H and O–H groups in total. The molecule has 8 nitrogen and oxygen atoms in total. The Bertz CT molecular complexity index is 951. The predicted octanol–water partition coefficient (Wildman–Crippen LogP) is 3.12. The summed E-state index contributed by atoms with van der Waals surface area (Å²) in [6, 6.07) is 7.26. The van der Waals surface area contributed by atoms with Crippen LogP contribution in [0.2, 0.25) is 0 Å². The number of benzene rings is 1. The number of hydrogen-bond donors (Lipinski definition) is 1. The highest BCUT2D eigenvalue weighted by atomic mass is 32.2. The first kappa shape index (κ1) is 21.3. The molecule has 1 unspecified atom stereocenters. The minimum Gasteiger partial charge on any atom is -0.491 e. The van der Waals surface area contributed by atoms with Gasteiger partial charge in [-0.15, -0.1) is 0 Å². The number of nitrogens with one attached hydrogen (secondary N) is 1. The number of sulfonamides is 1. The average Bonchev–Trinajstić information content (AvgIpc) is 3.06. The highest BCUT2D eigenvalue weighted by molar-refractivity contribution is 7.89. The van der Waals surface area contributed by atoms with Crippen LogP contribution in [0.4, 0.5) is 5.69 Å². The van der Waals surface area contributed by atoms with Gasteiger partial charge in [-0.25, -0.2) is 8.42 Å². The Kier molecular flexibility index (Phi) is 6.59. The lowest BCUT2D eigenvalue weighted by molar-refractivity contribution is -0.120. The zero-order valence-corrected chi connectivity index (χ0v) is 17.8. The van der Waals surface area contributed by atoms with Gasteiger partial charge in [-0.05, 0) is 45.2 Å². The first-order valence-electron chi connectivity index (χ1n) is 9.80. The minimum absolute atomic E-state index is 0.0943. The molecule has 0 aliphatic carbocycles. The van der Waals surface area contributed by atoms with E-state index in [2.05, 4.69) is 10.5 Å². The molecule has 0 spiro atoms. The zero-order valence-electron chi connectivity index (χ0n) is 17.0. The van der Waals surface area contributed by atoms with Crippen LogP contribution in [0.25, 0.3) is 0 Å². The van der Waals surface area contributed by atoms with Gasteiger partial charge in [0.05, 0.1) is 18.2 Å². The van der Waals surface area contributed by atoms with Crippen molar-refractivity contribution in [1.29, 1.82) is 0 Å². The highest BCUT2D eigenvalue weighted by Crippen LogP contribution is 2.29. The molecule has 1 fully saturated rings. The van der Waals surface area contributed by atoms with Gasteiger partial charge >= 0.3 is 0 Å². The number of amides is 1. The number of para-hydroxylation sites is 2. The van der Waals surface area contributed by atoms with Crippen molar-refractivity contribution < 1.29 is 22.5 Å². The van der Waals surface area contributed by atoms with E-state index in [9.17, 15) is 13.2 Å². The number of anilines is 1. The van der Waals surface area contributed by atoms with E-state index in [-0.39, 0.29) is 23.1 Å². The Hall–Kier alpha value is -2.39. The quantitative estimate of drug-likeness (QED) is 0.737. The molecule has 1 aliphatic heterocycles. The summed E-state index contributed by atoms with van der Waals surface area (Å²) in [7, 11) is -3.77. The lowest BCUT2D eigenvalue weighted by atomic mass is 9.98. The molecular formula is C20H27N3O5S. The van der Waals surface area contributed by atoms with E-state index in [0.29, 0.717) is 43.1 Å². The van der Waals surface area contributed by atoms with E-state index in [1.165, 1.54) is 4.31 Å². The lowest BCUT2D eigenvalue weighted by Crippen LogP contribution is -2.43. The molecule has 2 heterocycles. The number of carbonyl (C=O) groups excluding carboxylic acids is 1. The summed E-state index contributed by atoms with van der Waals surface area (Å²) in [4.78, 5) is 13.0. The van der Waals surface area contributed by atoms with Crippen LogP contribution in [0.1, 0.15) is 37.6 Å². The van der Waals surface area contributed by atoms with E-state index in [0.717, 1.165) is 6.42 Å². The zero-order chi connectivity index (χ0) is 21.0. The van der Waals surface area contributed by atoms with Crippen molar-refractivity contribution in [1.82, 2.24) is 9.46 Å². The summed E-state index contributed by atoms with van der Waals surface area (Å²) in [6.45, 7) is 6.23. The third-order valence-corrected chi connectivity index (χ3v) is 7.04. The summed E-state index contributed by atoms with van der Waals surface area (Å²) >= 11 is 0. The van der Waals surface area contributed by atoms with Crippen LogP contribution in [-0.2, 0) is 14.8 Å². The van der Waals surface area contributed by atoms with Crippen molar-refractivity contribution in [3.63, 3.8) is 0 Å². The molecule has 9 heteroatoms. The molecule has 158 valence electrons. The fourth-order valence-electron chi connectivity index (χ4n) is 3.49. The summed E-state index contributed by atoms with van der Waals surface area (Å²) in [5, 5.41) is 6.65. The van der Waals surface area contributed by atoms with Crippen LogP contribution in [0, 0.1) is 19.8 Å². The van der Waals surface area contributed by atoms with Gasteiger partial charge < -0.3 is 14.6 Å².